The molecule has 1 saturated carbocycles. The number of halogens is 2. The second kappa shape index (κ2) is 10.1. The third kappa shape index (κ3) is 5.82. The molecular formula is C22H25Cl2NO3S. The molecule has 0 aliphatic heterocycles. The Bertz CT molecular complexity index is 840. The third-order valence-corrected chi connectivity index (χ3v) is 7.06. The fourth-order valence-electron chi connectivity index (χ4n) is 3.55. The van der Waals surface area contributed by atoms with Gasteiger partial charge in [0.2, 0.25) is 0 Å². The Morgan fingerprint density at radius 1 is 1.17 bits per heavy atom. The summed E-state index contributed by atoms with van der Waals surface area (Å²) in [7, 11) is 0. The molecule has 0 heterocycles. The zero-order chi connectivity index (χ0) is 20.9. The number of carbonyl (C=O) groups is 1. The van der Waals surface area contributed by atoms with E-state index in [0.29, 0.717) is 22.2 Å². The molecule has 3 rings (SSSR count). The lowest BCUT2D eigenvalue weighted by atomic mass is 9.63. The Morgan fingerprint density at radius 3 is 2.48 bits per heavy atom. The predicted molar refractivity (Wildman–Crippen MR) is 121 cm³/mol. The number of carboxylic acids is 1. The Balaban J connectivity index is 1.55. The van der Waals surface area contributed by atoms with E-state index in [1.807, 2.05) is 12.1 Å². The Kier molecular flexibility index (Phi) is 7.74. The highest BCUT2D eigenvalue weighted by Crippen LogP contribution is 2.47. The first-order chi connectivity index (χ1) is 13.9. The Labute approximate surface area is 185 Å². The lowest BCUT2D eigenvalue weighted by Gasteiger charge is -2.43. The van der Waals surface area contributed by atoms with Gasteiger partial charge in [-0.2, -0.15) is 11.8 Å². The number of carboxylic acid groups (broad SMARTS) is 1. The largest absolute Gasteiger partial charge is 0.480 e. The van der Waals surface area contributed by atoms with Crippen LogP contribution in [0.4, 0.5) is 0 Å². The van der Waals surface area contributed by atoms with Crippen molar-refractivity contribution in [2.75, 3.05) is 11.5 Å². The normalized spacial score (nSPS) is 16.1. The summed E-state index contributed by atoms with van der Waals surface area (Å²) < 4.78 is 5.88. The second-order valence-corrected chi connectivity index (χ2v) is 9.50. The second-order valence-electron chi connectivity index (χ2n) is 7.43. The van der Waals surface area contributed by atoms with Crippen molar-refractivity contribution in [3.63, 3.8) is 0 Å². The number of aliphatic carboxylic acids is 1. The van der Waals surface area contributed by atoms with Crippen LogP contribution < -0.4 is 10.5 Å². The van der Waals surface area contributed by atoms with Crippen molar-refractivity contribution in [1.29, 1.82) is 0 Å². The van der Waals surface area contributed by atoms with Crippen LogP contribution in [0.1, 0.15) is 37.7 Å². The van der Waals surface area contributed by atoms with Gasteiger partial charge in [0.1, 0.15) is 17.5 Å². The maximum absolute atomic E-state index is 10.8. The predicted octanol–water partition coefficient (Wildman–Crippen LogP) is 6.13. The molecule has 2 aromatic rings. The van der Waals surface area contributed by atoms with Crippen molar-refractivity contribution in [2.45, 2.75) is 43.6 Å². The molecule has 0 saturated heterocycles. The fraction of sp³-hybridized carbons (Fsp3) is 0.409. The molecule has 156 valence electrons. The van der Waals surface area contributed by atoms with Gasteiger partial charge in [0.15, 0.2) is 0 Å². The van der Waals surface area contributed by atoms with Crippen LogP contribution in [0.2, 0.25) is 10.0 Å². The number of ether oxygens (including phenoxy) is 1. The van der Waals surface area contributed by atoms with Crippen LogP contribution in [0.15, 0.2) is 42.5 Å². The summed E-state index contributed by atoms with van der Waals surface area (Å²) in [6.07, 6.45) is 5.21. The highest BCUT2D eigenvalue weighted by Gasteiger charge is 2.37. The Morgan fingerprint density at radius 2 is 1.90 bits per heavy atom. The van der Waals surface area contributed by atoms with E-state index in [4.69, 9.17) is 38.8 Å². The molecule has 1 atom stereocenters. The summed E-state index contributed by atoms with van der Waals surface area (Å²) in [6, 6.07) is 12.7. The van der Waals surface area contributed by atoms with Gasteiger partial charge in [-0.15, -0.1) is 0 Å². The van der Waals surface area contributed by atoms with Crippen LogP contribution in [0.5, 0.6) is 11.5 Å². The van der Waals surface area contributed by atoms with Gasteiger partial charge in [-0.05, 0) is 78.5 Å². The van der Waals surface area contributed by atoms with Gasteiger partial charge < -0.3 is 15.6 Å². The summed E-state index contributed by atoms with van der Waals surface area (Å²) in [5, 5.41) is 9.91. The SMILES string of the molecule is NC(CCSCCC1(c2ccc(Oc3ccc(Cl)cc3Cl)cc2)CCC1)C(=O)O. The minimum atomic E-state index is -0.928. The van der Waals surface area contributed by atoms with Crippen molar-refractivity contribution in [3.8, 4) is 11.5 Å². The van der Waals surface area contributed by atoms with E-state index in [1.165, 1.54) is 24.8 Å². The first-order valence-electron chi connectivity index (χ1n) is 9.69. The summed E-state index contributed by atoms with van der Waals surface area (Å²) in [5.74, 6) is 2.18. The van der Waals surface area contributed by atoms with Gasteiger partial charge in [0, 0.05) is 5.02 Å². The van der Waals surface area contributed by atoms with Crippen LogP contribution >= 0.6 is 35.0 Å². The van der Waals surface area contributed by atoms with Crippen LogP contribution in [-0.4, -0.2) is 28.6 Å². The van der Waals surface area contributed by atoms with Crippen molar-refractivity contribution < 1.29 is 14.6 Å². The Hall–Kier alpha value is -1.40. The number of rotatable bonds is 10. The maximum Gasteiger partial charge on any atom is 0.320 e. The van der Waals surface area contributed by atoms with Crippen molar-refractivity contribution >= 4 is 40.9 Å². The number of hydrogen-bond donors (Lipinski definition) is 2. The minimum Gasteiger partial charge on any atom is -0.480 e. The lowest BCUT2D eigenvalue weighted by Crippen LogP contribution is -2.35. The summed E-state index contributed by atoms with van der Waals surface area (Å²) >= 11 is 13.9. The van der Waals surface area contributed by atoms with E-state index >= 15 is 0 Å². The minimum absolute atomic E-state index is 0.221. The molecule has 0 radical (unpaired) electrons. The molecular weight excluding hydrogens is 429 g/mol. The third-order valence-electron chi connectivity index (χ3n) is 5.51. The molecule has 0 spiro atoms. The summed E-state index contributed by atoms with van der Waals surface area (Å²) in [6.45, 7) is 0. The average molecular weight is 454 g/mol. The molecule has 7 heteroatoms. The highest BCUT2D eigenvalue weighted by atomic mass is 35.5. The zero-order valence-electron chi connectivity index (χ0n) is 16.1. The molecule has 0 aromatic heterocycles. The van der Waals surface area contributed by atoms with E-state index in [9.17, 15) is 4.79 Å². The standard InChI is InChI=1S/C22H25Cl2NO3S/c23-16-4-7-20(18(24)14-16)28-17-5-2-15(3-6-17)22(9-1-10-22)11-13-29-12-8-19(25)21(26)27/h2-7,14,19H,1,8-13,25H2,(H,26,27). The van der Waals surface area contributed by atoms with Crippen LogP contribution in [0.3, 0.4) is 0 Å². The van der Waals surface area contributed by atoms with Crippen molar-refractivity contribution in [1.82, 2.24) is 0 Å². The molecule has 1 aliphatic rings. The first-order valence-corrected chi connectivity index (χ1v) is 11.6. The topological polar surface area (TPSA) is 72.5 Å². The molecule has 1 fully saturated rings. The van der Waals surface area contributed by atoms with Gasteiger partial charge in [-0.25, -0.2) is 0 Å². The number of nitrogens with two attached hydrogens (primary N) is 1. The quantitative estimate of drug-likeness (QED) is 0.423. The van der Waals surface area contributed by atoms with Gasteiger partial charge >= 0.3 is 5.97 Å². The van der Waals surface area contributed by atoms with E-state index in [-0.39, 0.29) is 5.41 Å². The molecule has 1 aliphatic carbocycles. The van der Waals surface area contributed by atoms with Gasteiger partial charge in [-0.1, -0.05) is 41.8 Å². The molecule has 2 aromatic carbocycles. The van der Waals surface area contributed by atoms with Crippen molar-refractivity contribution in [2.24, 2.45) is 5.73 Å². The monoisotopic (exact) mass is 453 g/mol. The molecule has 3 N–H and O–H groups in total. The maximum atomic E-state index is 10.8. The van der Waals surface area contributed by atoms with Gasteiger partial charge in [0.25, 0.3) is 0 Å². The van der Waals surface area contributed by atoms with Crippen LogP contribution in [0, 0.1) is 0 Å². The number of thioether (sulfide) groups is 1. The van der Waals surface area contributed by atoms with E-state index in [0.717, 1.165) is 23.7 Å². The molecule has 4 nitrogen and oxygen atoms in total. The van der Waals surface area contributed by atoms with E-state index in [1.54, 1.807) is 30.0 Å². The average Bonchev–Trinajstić information content (AvgIpc) is 2.66. The van der Waals surface area contributed by atoms with Gasteiger partial charge in [-0.3, -0.25) is 4.79 Å². The summed E-state index contributed by atoms with van der Waals surface area (Å²) in [5.41, 5.74) is 7.11. The fourth-order valence-corrected chi connectivity index (χ4v) is 5.16. The molecule has 0 bridgehead atoms. The van der Waals surface area contributed by atoms with Crippen molar-refractivity contribution in [3.05, 3.63) is 58.1 Å². The molecule has 0 amide bonds. The summed E-state index contributed by atoms with van der Waals surface area (Å²) in [4.78, 5) is 10.8. The molecule has 1 unspecified atom stereocenters. The van der Waals surface area contributed by atoms with E-state index < -0.39 is 12.0 Å². The molecule has 29 heavy (non-hydrogen) atoms. The lowest BCUT2D eigenvalue weighted by molar-refractivity contribution is -0.138. The smallest absolute Gasteiger partial charge is 0.320 e. The highest BCUT2D eigenvalue weighted by molar-refractivity contribution is 7.99. The first kappa shape index (κ1) is 22.3. The van der Waals surface area contributed by atoms with Gasteiger partial charge in [0.05, 0.1) is 5.02 Å². The number of hydrogen-bond acceptors (Lipinski definition) is 4. The van der Waals surface area contributed by atoms with Crippen LogP contribution in [0.25, 0.3) is 0 Å². The van der Waals surface area contributed by atoms with Crippen LogP contribution in [-0.2, 0) is 10.2 Å². The zero-order valence-corrected chi connectivity index (χ0v) is 18.4. The van der Waals surface area contributed by atoms with E-state index in [2.05, 4.69) is 12.1 Å². The number of benzene rings is 2.